The third kappa shape index (κ3) is 5.61. The molecule has 27 heavy (non-hydrogen) atoms. The molecule has 0 saturated heterocycles. The summed E-state index contributed by atoms with van der Waals surface area (Å²) in [5.41, 5.74) is 4.05. The van der Waals surface area contributed by atoms with Crippen LogP contribution >= 0.6 is 15.9 Å². The van der Waals surface area contributed by atoms with Gasteiger partial charge in [-0.3, -0.25) is 14.9 Å². The number of halogens is 1. The van der Waals surface area contributed by atoms with Crippen molar-refractivity contribution in [1.29, 1.82) is 0 Å². The van der Waals surface area contributed by atoms with Crippen molar-refractivity contribution < 1.29 is 0 Å². The van der Waals surface area contributed by atoms with Crippen LogP contribution in [-0.2, 0) is 0 Å². The van der Waals surface area contributed by atoms with Gasteiger partial charge in [0.2, 0.25) is 0 Å². The highest BCUT2D eigenvalue weighted by Gasteiger charge is 2.34. The molecule has 0 spiro atoms. The fourth-order valence-corrected chi connectivity index (χ4v) is 4.43. The Hall–Kier alpha value is -1.26. The Morgan fingerprint density at radius 2 is 1.78 bits per heavy atom. The van der Waals surface area contributed by atoms with Crippen molar-refractivity contribution in [1.82, 2.24) is 14.9 Å². The monoisotopic (exact) mass is 433 g/mol. The first kappa shape index (κ1) is 22.0. The van der Waals surface area contributed by atoms with E-state index in [2.05, 4.69) is 95.0 Å². The maximum atomic E-state index is 3.97. The molecule has 1 heterocycles. The number of hydrogen-bond acceptors (Lipinski definition) is 3. The molecular formula is C23H36BrN3. The number of allylic oxidation sites excluding steroid dienone is 7. The van der Waals surface area contributed by atoms with Gasteiger partial charge in [0.05, 0.1) is 15.9 Å². The van der Waals surface area contributed by atoms with E-state index in [-0.39, 0.29) is 0 Å². The van der Waals surface area contributed by atoms with Crippen LogP contribution in [-0.4, -0.2) is 41.1 Å². The first-order valence-corrected chi connectivity index (χ1v) is 11.4. The lowest BCUT2D eigenvalue weighted by Gasteiger charge is -2.36. The number of hydrogen-bond donors (Lipinski definition) is 0. The molecule has 0 unspecified atom stereocenters. The molecule has 0 saturated carbocycles. The highest BCUT2D eigenvalue weighted by Crippen LogP contribution is 2.40. The van der Waals surface area contributed by atoms with E-state index in [0.29, 0.717) is 0 Å². The zero-order chi connectivity index (χ0) is 19.6. The quantitative estimate of drug-likeness (QED) is 0.419. The second-order valence-corrected chi connectivity index (χ2v) is 7.85. The zero-order valence-electron chi connectivity index (χ0n) is 17.5. The molecule has 1 aliphatic carbocycles. The number of hydrazine groups is 1. The lowest BCUT2D eigenvalue weighted by molar-refractivity contribution is 0.0962. The summed E-state index contributed by atoms with van der Waals surface area (Å²) in [7, 11) is 0. The predicted molar refractivity (Wildman–Crippen MR) is 121 cm³/mol. The van der Waals surface area contributed by atoms with Gasteiger partial charge in [-0.1, -0.05) is 57.2 Å². The molecule has 0 N–H and O–H groups in total. The third-order valence-corrected chi connectivity index (χ3v) is 5.75. The van der Waals surface area contributed by atoms with Gasteiger partial charge in [0.25, 0.3) is 0 Å². The van der Waals surface area contributed by atoms with Gasteiger partial charge in [0, 0.05) is 25.2 Å². The van der Waals surface area contributed by atoms with Crippen LogP contribution in [0, 0.1) is 0 Å². The lowest BCUT2D eigenvalue weighted by atomic mass is 10.1. The minimum absolute atomic E-state index is 0.961. The van der Waals surface area contributed by atoms with Gasteiger partial charge < -0.3 is 0 Å². The second kappa shape index (κ2) is 11.6. The van der Waals surface area contributed by atoms with Crippen LogP contribution in [0.1, 0.15) is 59.8 Å². The van der Waals surface area contributed by atoms with E-state index in [1.807, 2.05) is 0 Å². The van der Waals surface area contributed by atoms with Crippen LogP contribution in [0.15, 0.2) is 58.0 Å². The number of nitrogens with zero attached hydrogens (tertiary/aromatic N) is 3. The Bertz CT molecular complexity index is 622. The summed E-state index contributed by atoms with van der Waals surface area (Å²) >= 11 is 3.97. The van der Waals surface area contributed by atoms with Crippen molar-refractivity contribution in [2.75, 3.05) is 26.2 Å². The first-order valence-electron chi connectivity index (χ1n) is 10.6. The van der Waals surface area contributed by atoms with Gasteiger partial charge in [-0.15, -0.1) is 0 Å². The Labute approximate surface area is 174 Å². The third-order valence-electron chi connectivity index (χ3n) is 4.88. The van der Waals surface area contributed by atoms with Crippen molar-refractivity contribution in [3.05, 3.63) is 58.0 Å². The van der Waals surface area contributed by atoms with Crippen molar-refractivity contribution in [3.63, 3.8) is 0 Å². The van der Waals surface area contributed by atoms with E-state index in [4.69, 9.17) is 0 Å². The Morgan fingerprint density at radius 3 is 2.41 bits per heavy atom. The van der Waals surface area contributed by atoms with E-state index in [1.165, 1.54) is 34.4 Å². The maximum absolute atomic E-state index is 3.97. The number of rotatable bonds is 9. The SMILES string of the molecule is CC/C=C1/C(Br)=C(CN(CCC)CCC)N(CC)N1/C1=C/CC=C/C=C\C1. The van der Waals surface area contributed by atoms with Crippen molar-refractivity contribution in [2.24, 2.45) is 0 Å². The fourth-order valence-electron chi connectivity index (χ4n) is 3.77. The van der Waals surface area contributed by atoms with Crippen molar-refractivity contribution >= 4 is 15.9 Å². The maximum Gasteiger partial charge on any atom is 0.0749 e. The second-order valence-electron chi connectivity index (χ2n) is 7.05. The molecule has 0 radical (unpaired) electrons. The van der Waals surface area contributed by atoms with Crippen molar-refractivity contribution in [2.45, 2.75) is 59.8 Å². The van der Waals surface area contributed by atoms with E-state index >= 15 is 0 Å². The van der Waals surface area contributed by atoms with E-state index < -0.39 is 0 Å². The Morgan fingerprint density at radius 1 is 1.07 bits per heavy atom. The fraction of sp³-hybridized carbons (Fsp3) is 0.565. The average Bonchev–Trinajstić information content (AvgIpc) is 2.88. The zero-order valence-corrected chi connectivity index (χ0v) is 19.1. The molecule has 1 aliphatic heterocycles. The van der Waals surface area contributed by atoms with E-state index in [9.17, 15) is 0 Å². The molecule has 0 bridgehead atoms. The first-order chi connectivity index (χ1) is 13.2. The molecule has 2 aliphatic rings. The van der Waals surface area contributed by atoms with E-state index in [1.54, 1.807) is 0 Å². The van der Waals surface area contributed by atoms with Gasteiger partial charge in [-0.25, -0.2) is 0 Å². The van der Waals surface area contributed by atoms with Gasteiger partial charge in [-0.05, 0) is 61.6 Å². The predicted octanol–water partition coefficient (Wildman–Crippen LogP) is 6.35. The van der Waals surface area contributed by atoms with Crippen LogP contribution in [0.3, 0.4) is 0 Å². The van der Waals surface area contributed by atoms with Gasteiger partial charge in [-0.2, -0.15) is 0 Å². The molecule has 0 aromatic rings. The summed E-state index contributed by atoms with van der Waals surface area (Å²) in [5.74, 6) is 0. The van der Waals surface area contributed by atoms with Gasteiger partial charge >= 0.3 is 0 Å². The molecule has 3 nitrogen and oxygen atoms in total. The molecule has 0 fully saturated rings. The summed E-state index contributed by atoms with van der Waals surface area (Å²) in [6.45, 7) is 13.3. The molecular weight excluding hydrogens is 398 g/mol. The molecule has 0 atom stereocenters. The average molecular weight is 434 g/mol. The Kier molecular flexibility index (Phi) is 9.43. The Balaban J connectivity index is 2.37. The van der Waals surface area contributed by atoms with Crippen molar-refractivity contribution in [3.8, 4) is 0 Å². The summed E-state index contributed by atoms with van der Waals surface area (Å²) in [6, 6.07) is 0. The molecule has 4 heteroatoms. The largest absolute Gasteiger partial charge is 0.298 e. The summed E-state index contributed by atoms with van der Waals surface area (Å²) in [5, 5.41) is 4.91. The lowest BCUT2D eigenvalue weighted by Crippen LogP contribution is -2.39. The van der Waals surface area contributed by atoms with Crippen LogP contribution in [0.2, 0.25) is 0 Å². The smallest absolute Gasteiger partial charge is 0.0749 e. The number of likely N-dealkylation sites (N-methyl/N-ethyl adjacent to an activating group) is 1. The summed E-state index contributed by atoms with van der Waals surface area (Å²) in [6.07, 6.45) is 18.9. The molecule has 0 amide bonds. The van der Waals surface area contributed by atoms with Crippen LogP contribution in [0.5, 0.6) is 0 Å². The van der Waals surface area contributed by atoms with Crippen LogP contribution in [0.25, 0.3) is 0 Å². The van der Waals surface area contributed by atoms with Gasteiger partial charge in [0.15, 0.2) is 0 Å². The van der Waals surface area contributed by atoms with Gasteiger partial charge in [0.1, 0.15) is 0 Å². The minimum Gasteiger partial charge on any atom is -0.298 e. The topological polar surface area (TPSA) is 9.72 Å². The highest BCUT2D eigenvalue weighted by atomic mass is 79.9. The molecule has 0 aromatic heterocycles. The molecule has 0 aromatic carbocycles. The summed E-state index contributed by atoms with van der Waals surface area (Å²) in [4.78, 5) is 2.58. The van der Waals surface area contributed by atoms with Crippen LogP contribution in [0.4, 0.5) is 0 Å². The highest BCUT2D eigenvalue weighted by molar-refractivity contribution is 9.12. The standard InChI is InChI=1S/C23H36BrN3/c1-5-14-21-23(24)22(19-25(17-6-2)18-7-3)26(8-4)27(21)20-15-12-10-9-11-13-16-20/h9-12,14,16H,5-8,13,15,17-19H2,1-4H3/b11-9?,12-10-,20-16+,21-14-. The normalized spacial score (nSPS) is 22.4. The summed E-state index contributed by atoms with van der Waals surface area (Å²) < 4.78 is 1.26. The minimum atomic E-state index is 0.961. The van der Waals surface area contributed by atoms with E-state index in [0.717, 1.165) is 45.4 Å². The molecule has 2 rings (SSSR count). The van der Waals surface area contributed by atoms with Crippen LogP contribution < -0.4 is 0 Å². The molecule has 150 valence electrons.